The van der Waals surface area contributed by atoms with Crippen molar-refractivity contribution in [2.24, 2.45) is 0 Å². The fourth-order valence-electron chi connectivity index (χ4n) is 2.16. The molecule has 0 heterocycles. The van der Waals surface area contributed by atoms with Crippen LogP contribution in [0.3, 0.4) is 0 Å². The largest absolute Gasteiger partial charge is 0.457 e. The summed E-state index contributed by atoms with van der Waals surface area (Å²) in [5, 5.41) is 1.36. The third-order valence-corrected chi connectivity index (χ3v) is 5.63. The summed E-state index contributed by atoms with van der Waals surface area (Å²) in [6.45, 7) is 5.10. The zero-order valence-electron chi connectivity index (χ0n) is 14.0. The SMILES string of the molecule is C=CCNC(=O)C(C)S(=O)(=O)Cc1ccccc1Oc1ccccc1. The molecule has 2 rings (SSSR count). The number of carbonyl (C=O) groups excluding carboxylic acids is 1. The van der Waals surface area contributed by atoms with Gasteiger partial charge in [0.2, 0.25) is 5.91 Å². The zero-order chi connectivity index (χ0) is 18.3. The van der Waals surface area contributed by atoms with Gasteiger partial charge in [0.15, 0.2) is 9.84 Å². The quantitative estimate of drug-likeness (QED) is 0.735. The van der Waals surface area contributed by atoms with E-state index in [9.17, 15) is 13.2 Å². The van der Waals surface area contributed by atoms with Crippen LogP contribution >= 0.6 is 0 Å². The molecule has 1 amide bonds. The average molecular weight is 359 g/mol. The Kier molecular flexibility index (Phi) is 6.36. The molecule has 25 heavy (non-hydrogen) atoms. The second-order valence-electron chi connectivity index (χ2n) is 5.51. The van der Waals surface area contributed by atoms with Crippen molar-refractivity contribution in [2.75, 3.05) is 6.54 Å². The lowest BCUT2D eigenvalue weighted by Gasteiger charge is -2.15. The van der Waals surface area contributed by atoms with Crippen LogP contribution in [0.15, 0.2) is 67.3 Å². The number of nitrogens with one attached hydrogen (secondary N) is 1. The van der Waals surface area contributed by atoms with Crippen LogP contribution in [0.1, 0.15) is 12.5 Å². The molecule has 132 valence electrons. The Morgan fingerprint density at radius 2 is 1.80 bits per heavy atom. The second kappa shape index (κ2) is 8.48. The van der Waals surface area contributed by atoms with Gasteiger partial charge in [0.1, 0.15) is 16.7 Å². The molecule has 0 bridgehead atoms. The number of hydrogen-bond donors (Lipinski definition) is 1. The van der Waals surface area contributed by atoms with E-state index in [0.717, 1.165) is 0 Å². The Hall–Kier alpha value is -2.60. The molecule has 2 aromatic rings. The van der Waals surface area contributed by atoms with Crippen molar-refractivity contribution < 1.29 is 17.9 Å². The van der Waals surface area contributed by atoms with Crippen LogP contribution in [-0.2, 0) is 20.4 Å². The minimum Gasteiger partial charge on any atom is -0.457 e. The highest BCUT2D eigenvalue weighted by Crippen LogP contribution is 2.27. The molecule has 1 atom stereocenters. The molecule has 1 N–H and O–H groups in total. The molecule has 2 aromatic carbocycles. The first-order chi connectivity index (χ1) is 11.9. The van der Waals surface area contributed by atoms with Crippen LogP contribution in [0.5, 0.6) is 11.5 Å². The van der Waals surface area contributed by atoms with E-state index in [1.165, 1.54) is 13.0 Å². The highest BCUT2D eigenvalue weighted by molar-refractivity contribution is 7.92. The monoisotopic (exact) mass is 359 g/mol. The predicted octanol–water partition coefficient (Wildman–Crippen LogP) is 3.08. The van der Waals surface area contributed by atoms with Gasteiger partial charge < -0.3 is 10.1 Å². The number of amides is 1. The van der Waals surface area contributed by atoms with Crippen LogP contribution in [0.2, 0.25) is 0 Å². The molecule has 0 aliphatic heterocycles. The maximum Gasteiger partial charge on any atom is 0.238 e. The van der Waals surface area contributed by atoms with E-state index in [2.05, 4.69) is 11.9 Å². The summed E-state index contributed by atoms with van der Waals surface area (Å²) in [5.41, 5.74) is 0.509. The lowest BCUT2D eigenvalue weighted by Crippen LogP contribution is -2.38. The standard InChI is InChI=1S/C19H21NO4S/c1-3-13-20-19(21)15(2)25(22,23)14-16-9-7-8-12-18(16)24-17-10-5-4-6-11-17/h3-12,15H,1,13-14H2,2H3,(H,20,21). The number of ether oxygens (including phenoxy) is 1. The molecule has 0 aromatic heterocycles. The highest BCUT2D eigenvalue weighted by atomic mass is 32.2. The third-order valence-electron chi connectivity index (χ3n) is 3.63. The lowest BCUT2D eigenvalue weighted by molar-refractivity contribution is -0.120. The van der Waals surface area contributed by atoms with Gasteiger partial charge in [-0.15, -0.1) is 6.58 Å². The number of sulfone groups is 1. The average Bonchev–Trinajstić information content (AvgIpc) is 2.61. The van der Waals surface area contributed by atoms with Crippen LogP contribution in [0, 0.1) is 0 Å². The van der Waals surface area contributed by atoms with Crippen molar-refractivity contribution in [1.29, 1.82) is 0 Å². The Balaban J connectivity index is 2.19. The molecule has 0 spiro atoms. The Morgan fingerprint density at radius 1 is 1.16 bits per heavy atom. The summed E-state index contributed by atoms with van der Waals surface area (Å²) < 4.78 is 30.9. The van der Waals surface area contributed by atoms with Gasteiger partial charge >= 0.3 is 0 Å². The first-order valence-corrected chi connectivity index (χ1v) is 9.56. The number of para-hydroxylation sites is 2. The van der Waals surface area contributed by atoms with Crippen molar-refractivity contribution in [3.8, 4) is 11.5 Å². The molecule has 0 fully saturated rings. The molecule has 0 saturated heterocycles. The number of benzene rings is 2. The van der Waals surface area contributed by atoms with Gasteiger partial charge in [0.05, 0.1) is 5.75 Å². The van der Waals surface area contributed by atoms with Gasteiger partial charge in [-0.05, 0) is 25.1 Å². The predicted molar refractivity (Wildman–Crippen MR) is 98.3 cm³/mol. The van der Waals surface area contributed by atoms with E-state index in [1.807, 2.05) is 18.2 Å². The van der Waals surface area contributed by atoms with Gasteiger partial charge in [0, 0.05) is 12.1 Å². The minimum atomic E-state index is -3.68. The molecule has 6 heteroatoms. The Bertz CT molecular complexity index is 832. The number of hydrogen-bond acceptors (Lipinski definition) is 4. The molecular formula is C19H21NO4S. The van der Waals surface area contributed by atoms with E-state index in [1.54, 1.807) is 36.4 Å². The van der Waals surface area contributed by atoms with E-state index >= 15 is 0 Å². The van der Waals surface area contributed by atoms with E-state index in [-0.39, 0.29) is 12.3 Å². The lowest BCUT2D eigenvalue weighted by atomic mass is 10.2. The maximum absolute atomic E-state index is 12.6. The van der Waals surface area contributed by atoms with Crippen molar-refractivity contribution in [1.82, 2.24) is 5.32 Å². The molecule has 0 radical (unpaired) electrons. The van der Waals surface area contributed by atoms with Crippen LogP contribution in [-0.4, -0.2) is 26.1 Å². The topological polar surface area (TPSA) is 72.5 Å². The van der Waals surface area contributed by atoms with Gasteiger partial charge in [0.25, 0.3) is 0 Å². The Labute approximate surface area is 148 Å². The van der Waals surface area contributed by atoms with E-state index < -0.39 is 21.0 Å². The smallest absolute Gasteiger partial charge is 0.238 e. The highest BCUT2D eigenvalue weighted by Gasteiger charge is 2.28. The molecule has 5 nitrogen and oxygen atoms in total. The third kappa shape index (κ3) is 5.19. The van der Waals surface area contributed by atoms with E-state index in [4.69, 9.17) is 4.74 Å². The first-order valence-electron chi connectivity index (χ1n) is 7.85. The van der Waals surface area contributed by atoms with Gasteiger partial charge in [-0.1, -0.05) is 42.5 Å². The number of rotatable bonds is 8. The molecule has 0 aliphatic carbocycles. The van der Waals surface area contributed by atoms with Crippen LogP contribution in [0.25, 0.3) is 0 Å². The number of carbonyl (C=O) groups is 1. The van der Waals surface area contributed by atoms with Gasteiger partial charge in [-0.25, -0.2) is 8.42 Å². The Morgan fingerprint density at radius 3 is 2.48 bits per heavy atom. The molecular weight excluding hydrogens is 338 g/mol. The first kappa shape index (κ1) is 18.7. The molecule has 0 saturated carbocycles. The fraction of sp³-hybridized carbons (Fsp3) is 0.211. The van der Waals surface area contributed by atoms with Gasteiger partial charge in [-0.3, -0.25) is 4.79 Å². The van der Waals surface area contributed by atoms with Crippen LogP contribution < -0.4 is 10.1 Å². The van der Waals surface area contributed by atoms with E-state index in [0.29, 0.717) is 17.1 Å². The fourth-order valence-corrected chi connectivity index (χ4v) is 3.49. The van der Waals surface area contributed by atoms with Crippen molar-refractivity contribution in [3.63, 3.8) is 0 Å². The summed E-state index contributed by atoms with van der Waals surface area (Å²) >= 11 is 0. The minimum absolute atomic E-state index is 0.229. The maximum atomic E-state index is 12.6. The second-order valence-corrected chi connectivity index (χ2v) is 7.83. The van der Waals surface area contributed by atoms with Crippen molar-refractivity contribution >= 4 is 15.7 Å². The molecule has 1 unspecified atom stereocenters. The summed E-state index contributed by atoms with van der Waals surface area (Å²) in [4.78, 5) is 11.9. The van der Waals surface area contributed by atoms with Crippen LogP contribution in [0.4, 0.5) is 0 Å². The molecule has 0 aliphatic rings. The summed E-state index contributed by atoms with van der Waals surface area (Å²) in [6.07, 6.45) is 1.50. The normalized spacial score (nSPS) is 12.2. The summed E-state index contributed by atoms with van der Waals surface area (Å²) in [6, 6.07) is 16.0. The zero-order valence-corrected chi connectivity index (χ0v) is 14.8. The van der Waals surface area contributed by atoms with Crippen molar-refractivity contribution in [2.45, 2.75) is 17.9 Å². The van der Waals surface area contributed by atoms with Crippen molar-refractivity contribution in [3.05, 3.63) is 72.8 Å². The summed E-state index contributed by atoms with van der Waals surface area (Å²) in [7, 11) is -3.68. The van der Waals surface area contributed by atoms with Gasteiger partial charge in [-0.2, -0.15) is 0 Å². The summed E-state index contributed by atoms with van der Waals surface area (Å²) in [5.74, 6) is 0.250.